The second kappa shape index (κ2) is 1.85. The zero-order valence-electron chi connectivity index (χ0n) is 5.62. The van der Waals surface area contributed by atoms with Gasteiger partial charge in [-0.2, -0.15) is 0 Å². The van der Waals surface area contributed by atoms with Gasteiger partial charge >= 0.3 is 6.03 Å². The van der Waals surface area contributed by atoms with E-state index in [0.29, 0.717) is 25.3 Å². The summed E-state index contributed by atoms with van der Waals surface area (Å²) in [5.41, 5.74) is 5.12. The number of morpholine rings is 1. The van der Waals surface area contributed by atoms with Crippen LogP contribution in [0.1, 0.15) is 6.42 Å². The first kappa shape index (κ1) is 5.97. The number of primary amides is 1. The number of fused-ring (bicyclic) bond motifs is 1. The molecule has 2 amide bonds. The van der Waals surface area contributed by atoms with E-state index in [1.54, 1.807) is 4.90 Å². The first-order valence-electron chi connectivity index (χ1n) is 3.47. The Bertz CT molecular complexity index is 171. The number of hydrogen-bond donors (Lipinski definition) is 1. The number of urea groups is 1. The van der Waals surface area contributed by atoms with Crippen LogP contribution in [0, 0.1) is 0 Å². The summed E-state index contributed by atoms with van der Waals surface area (Å²) in [5.74, 6) is 0. The third-order valence-corrected chi connectivity index (χ3v) is 2.05. The van der Waals surface area contributed by atoms with Gasteiger partial charge in [-0.25, -0.2) is 4.79 Å². The van der Waals surface area contributed by atoms with Crippen molar-refractivity contribution in [1.29, 1.82) is 0 Å². The highest BCUT2D eigenvalue weighted by Crippen LogP contribution is 2.33. The maximum Gasteiger partial charge on any atom is 0.315 e. The molecule has 0 aromatic carbocycles. The van der Waals surface area contributed by atoms with E-state index in [-0.39, 0.29) is 6.03 Å². The lowest BCUT2D eigenvalue weighted by Crippen LogP contribution is -2.44. The van der Waals surface area contributed by atoms with Crippen molar-refractivity contribution < 1.29 is 9.53 Å². The fourth-order valence-electron chi connectivity index (χ4n) is 1.41. The molecule has 4 heteroatoms. The van der Waals surface area contributed by atoms with Crippen LogP contribution in [0.15, 0.2) is 0 Å². The Balaban J connectivity index is 2.02. The smallest absolute Gasteiger partial charge is 0.315 e. The van der Waals surface area contributed by atoms with Crippen LogP contribution < -0.4 is 5.73 Å². The monoisotopic (exact) mass is 142 g/mol. The molecule has 2 aliphatic rings. The molecule has 2 atom stereocenters. The molecule has 2 fully saturated rings. The zero-order valence-corrected chi connectivity index (χ0v) is 5.62. The minimum atomic E-state index is -0.309. The van der Waals surface area contributed by atoms with Gasteiger partial charge in [0.05, 0.1) is 18.8 Å². The van der Waals surface area contributed by atoms with Gasteiger partial charge in [0.15, 0.2) is 0 Å². The van der Waals surface area contributed by atoms with Gasteiger partial charge < -0.3 is 15.4 Å². The lowest BCUT2D eigenvalue weighted by Gasteiger charge is -2.24. The second-order valence-electron chi connectivity index (χ2n) is 2.74. The minimum Gasteiger partial charge on any atom is -0.374 e. The molecule has 0 aromatic heterocycles. The van der Waals surface area contributed by atoms with Gasteiger partial charge in [0.25, 0.3) is 0 Å². The van der Waals surface area contributed by atoms with Gasteiger partial charge in [-0.1, -0.05) is 0 Å². The van der Waals surface area contributed by atoms with Crippen LogP contribution in [0.2, 0.25) is 0 Å². The van der Waals surface area contributed by atoms with E-state index in [1.807, 2.05) is 0 Å². The molecule has 1 saturated heterocycles. The third-order valence-electron chi connectivity index (χ3n) is 2.05. The van der Waals surface area contributed by atoms with Crippen molar-refractivity contribution in [3.63, 3.8) is 0 Å². The highest BCUT2D eigenvalue weighted by atomic mass is 16.5. The summed E-state index contributed by atoms with van der Waals surface area (Å²) in [6.07, 6.45) is 1.27. The van der Waals surface area contributed by atoms with Gasteiger partial charge in [-0.15, -0.1) is 0 Å². The molecule has 1 saturated carbocycles. The van der Waals surface area contributed by atoms with Crippen LogP contribution in [0.4, 0.5) is 4.79 Å². The number of rotatable bonds is 0. The van der Waals surface area contributed by atoms with Crippen molar-refractivity contribution in [2.45, 2.75) is 18.6 Å². The standard InChI is InChI=1S/C6H10N2O2/c7-6(9)8-1-2-10-5-3-4(5)8/h4-5H,1-3H2,(H2,7,9). The molecule has 2 rings (SSSR count). The predicted molar refractivity (Wildman–Crippen MR) is 34.4 cm³/mol. The summed E-state index contributed by atoms with van der Waals surface area (Å²) in [6, 6.07) is -0.0120. The minimum absolute atomic E-state index is 0.293. The van der Waals surface area contributed by atoms with Crippen molar-refractivity contribution in [3.05, 3.63) is 0 Å². The van der Waals surface area contributed by atoms with Crippen LogP contribution in [0.25, 0.3) is 0 Å². The van der Waals surface area contributed by atoms with Gasteiger partial charge in [0.1, 0.15) is 0 Å². The molecular weight excluding hydrogens is 132 g/mol. The van der Waals surface area contributed by atoms with Crippen LogP contribution in [-0.2, 0) is 4.74 Å². The van der Waals surface area contributed by atoms with E-state index < -0.39 is 0 Å². The second-order valence-corrected chi connectivity index (χ2v) is 2.74. The Labute approximate surface area is 58.9 Å². The van der Waals surface area contributed by atoms with Gasteiger partial charge in [-0.3, -0.25) is 0 Å². The topological polar surface area (TPSA) is 55.6 Å². The number of amides is 2. The van der Waals surface area contributed by atoms with Crippen molar-refractivity contribution in [2.24, 2.45) is 5.73 Å². The summed E-state index contributed by atoms with van der Waals surface area (Å²) in [7, 11) is 0. The summed E-state index contributed by atoms with van der Waals surface area (Å²) < 4.78 is 5.28. The van der Waals surface area contributed by atoms with E-state index in [1.165, 1.54) is 0 Å². The lowest BCUT2D eigenvalue weighted by atomic mass is 10.4. The Kier molecular flexibility index (Phi) is 1.11. The molecule has 56 valence electrons. The number of carbonyl (C=O) groups excluding carboxylic acids is 1. The highest BCUT2D eigenvalue weighted by Gasteiger charge is 2.47. The van der Waals surface area contributed by atoms with Gasteiger partial charge in [0.2, 0.25) is 0 Å². The van der Waals surface area contributed by atoms with E-state index >= 15 is 0 Å². The van der Waals surface area contributed by atoms with E-state index in [4.69, 9.17) is 10.5 Å². The van der Waals surface area contributed by atoms with Crippen molar-refractivity contribution in [3.8, 4) is 0 Å². The number of nitrogens with two attached hydrogens (primary N) is 1. The van der Waals surface area contributed by atoms with E-state index in [0.717, 1.165) is 6.42 Å². The Morgan fingerprint density at radius 1 is 1.70 bits per heavy atom. The van der Waals surface area contributed by atoms with Crippen LogP contribution in [-0.4, -0.2) is 36.2 Å². The first-order chi connectivity index (χ1) is 4.79. The van der Waals surface area contributed by atoms with Gasteiger partial charge in [0, 0.05) is 6.54 Å². The number of nitrogens with zero attached hydrogens (tertiary/aromatic N) is 1. The first-order valence-corrected chi connectivity index (χ1v) is 3.47. The fraction of sp³-hybridized carbons (Fsp3) is 0.833. The maximum atomic E-state index is 10.7. The third kappa shape index (κ3) is 0.759. The van der Waals surface area contributed by atoms with Crippen LogP contribution >= 0.6 is 0 Å². The Morgan fingerprint density at radius 2 is 2.50 bits per heavy atom. The number of hydrogen-bond acceptors (Lipinski definition) is 2. The molecule has 0 radical (unpaired) electrons. The molecular formula is C6H10N2O2. The summed E-state index contributed by atoms with van der Waals surface area (Å²) in [5, 5.41) is 0. The highest BCUT2D eigenvalue weighted by molar-refractivity contribution is 5.73. The van der Waals surface area contributed by atoms with E-state index in [2.05, 4.69) is 0 Å². The molecule has 2 unspecified atom stereocenters. The molecule has 2 N–H and O–H groups in total. The largest absolute Gasteiger partial charge is 0.374 e. The summed E-state index contributed by atoms with van der Waals surface area (Å²) in [4.78, 5) is 12.4. The number of ether oxygens (including phenoxy) is 1. The molecule has 1 aliphatic carbocycles. The Morgan fingerprint density at radius 3 is 3.10 bits per heavy atom. The molecule has 0 spiro atoms. The van der Waals surface area contributed by atoms with Crippen molar-refractivity contribution in [1.82, 2.24) is 4.90 Å². The summed E-state index contributed by atoms with van der Waals surface area (Å²) >= 11 is 0. The fourth-order valence-corrected chi connectivity index (χ4v) is 1.41. The molecule has 0 aromatic rings. The van der Waals surface area contributed by atoms with E-state index in [9.17, 15) is 4.79 Å². The average molecular weight is 142 g/mol. The number of carbonyl (C=O) groups is 1. The molecule has 0 bridgehead atoms. The SMILES string of the molecule is NC(=O)N1CCOC2CC21. The quantitative estimate of drug-likeness (QED) is 0.497. The average Bonchev–Trinajstić information content (AvgIpc) is 2.63. The summed E-state index contributed by atoms with van der Waals surface area (Å²) in [6.45, 7) is 1.31. The Hall–Kier alpha value is -0.770. The normalized spacial score (nSPS) is 37.0. The maximum absolute atomic E-state index is 10.7. The molecule has 1 heterocycles. The molecule has 1 aliphatic heterocycles. The van der Waals surface area contributed by atoms with Gasteiger partial charge in [-0.05, 0) is 6.42 Å². The van der Waals surface area contributed by atoms with Crippen molar-refractivity contribution in [2.75, 3.05) is 13.2 Å². The molecule has 4 nitrogen and oxygen atoms in total. The van der Waals surface area contributed by atoms with Crippen molar-refractivity contribution >= 4 is 6.03 Å². The lowest BCUT2D eigenvalue weighted by molar-refractivity contribution is 0.0474. The predicted octanol–water partition coefficient (Wildman–Crippen LogP) is -0.462. The van der Waals surface area contributed by atoms with Crippen LogP contribution in [0.3, 0.4) is 0 Å². The molecule has 10 heavy (non-hydrogen) atoms. The van der Waals surface area contributed by atoms with Crippen LogP contribution in [0.5, 0.6) is 0 Å². The zero-order chi connectivity index (χ0) is 7.14.